The van der Waals surface area contributed by atoms with Crippen LogP contribution in [0.15, 0.2) is 30.3 Å². The van der Waals surface area contributed by atoms with Crippen LogP contribution in [0, 0.1) is 17.5 Å². The number of hydrogen-bond acceptors (Lipinski definition) is 1. The lowest BCUT2D eigenvalue weighted by atomic mass is 9.86. The summed E-state index contributed by atoms with van der Waals surface area (Å²) in [7, 11) is 0. The van der Waals surface area contributed by atoms with Crippen LogP contribution in [0.4, 0.5) is 26.3 Å². The lowest BCUT2D eigenvalue weighted by Gasteiger charge is -2.21. The van der Waals surface area contributed by atoms with E-state index in [1.165, 1.54) is 24.3 Å². The Labute approximate surface area is 165 Å². The molecule has 1 aliphatic carbocycles. The lowest BCUT2D eigenvalue weighted by molar-refractivity contribution is -0.275. The maximum Gasteiger partial charge on any atom is 0.573 e. The molecule has 0 spiro atoms. The zero-order valence-electron chi connectivity index (χ0n) is 15.8. The van der Waals surface area contributed by atoms with E-state index in [0.717, 1.165) is 25.3 Å². The molecule has 0 bridgehead atoms. The Morgan fingerprint density at radius 1 is 1.00 bits per heavy atom. The first kappa shape index (κ1) is 21.3. The van der Waals surface area contributed by atoms with Crippen LogP contribution in [-0.2, 0) is 19.3 Å². The van der Waals surface area contributed by atoms with Crippen molar-refractivity contribution in [2.24, 2.45) is 0 Å². The fourth-order valence-electron chi connectivity index (χ4n) is 3.58. The summed E-state index contributed by atoms with van der Waals surface area (Å²) in [5.41, 5.74) is 1.16. The van der Waals surface area contributed by atoms with Gasteiger partial charge in [-0.05, 0) is 66.1 Å². The molecule has 0 unspecified atom stereocenters. The number of aryl methyl sites for hydroxylation is 1. The minimum atomic E-state index is -5.00. The minimum absolute atomic E-state index is 0.0154. The molecule has 156 valence electrons. The van der Waals surface area contributed by atoms with Crippen LogP contribution < -0.4 is 4.74 Å². The molecule has 0 atom stereocenters. The molecule has 0 aromatic heterocycles. The van der Waals surface area contributed by atoms with Gasteiger partial charge in [-0.1, -0.05) is 31.9 Å². The van der Waals surface area contributed by atoms with E-state index in [9.17, 15) is 26.3 Å². The van der Waals surface area contributed by atoms with Crippen molar-refractivity contribution in [2.45, 2.75) is 51.8 Å². The number of unbranched alkanes of at least 4 members (excludes halogenated alkanes) is 2. The van der Waals surface area contributed by atoms with Gasteiger partial charge in [0.2, 0.25) is 0 Å². The van der Waals surface area contributed by atoms with Gasteiger partial charge < -0.3 is 4.74 Å². The molecular weight excluding hydrogens is 394 g/mol. The van der Waals surface area contributed by atoms with Crippen molar-refractivity contribution >= 4 is 5.57 Å². The Bertz CT molecular complexity index is 907. The van der Waals surface area contributed by atoms with E-state index in [2.05, 4.69) is 4.74 Å². The highest BCUT2D eigenvalue weighted by Gasteiger charge is 2.33. The summed E-state index contributed by atoms with van der Waals surface area (Å²) in [4.78, 5) is 0. The normalized spacial score (nSPS) is 13.8. The number of ether oxygens (including phenoxy) is 1. The Kier molecular flexibility index (Phi) is 6.24. The van der Waals surface area contributed by atoms with Gasteiger partial charge in [0.15, 0.2) is 11.6 Å². The summed E-state index contributed by atoms with van der Waals surface area (Å²) >= 11 is 0. The molecule has 2 aromatic carbocycles. The summed E-state index contributed by atoms with van der Waals surface area (Å²) in [6.45, 7) is 2.04. The molecule has 0 aliphatic heterocycles. The number of benzene rings is 2. The summed E-state index contributed by atoms with van der Waals surface area (Å²) in [6, 6.07) is 4.80. The fraction of sp³-hybridized carbons (Fsp3) is 0.364. The first-order valence-electron chi connectivity index (χ1n) is 9.43. The molecule has 1 nitrogen and oxygen atoms in total. The number of halogens is 6. The zero-order valence-corrected chi connectivity index (χ0v) is 15.8. The van der Waals surface area contributed by atoms with Crippen molar-refractivity contribution in [1.29, 1.82) is 0 Å². The van der Waals surface area contributed by atoms with Gasteiger partial charge in [0.1, 0.15) is 11.6 Å². The SMILES string of the molecule is CCCCCc1cc(F)c(C2=CCc3c(ccc(OC(F)(F)F)c3F)C2)c(F)c1. The van der Waals surface area contributed by atoms with E-state index < -0.39 is 29.6 Å². The maximum absolute atomic E-state index is 14.6. The molecule has 0 radical (unpaired) electrons. The van der Waals surface area contributed by atoms with Crippen LogP contribution in [-0.4, -0.2) is 6.36 Å². The first-order valence-corrected chi connectivity index (χ1v) is 9.43. The molecule has 2 aromatic rings. The molecule has 1 aliphatic rings. The highest BCUT2D eigenvalue weighted by atomic mass is 19.4. The topological polar surface area (TPSA) is 9.23 Å². The van der Waals surface area contributed by atoms with Gasteiger partial charge in [0.25, 0.3) is 0 Å². The summed E-state index contributed by atoms with van der Waals surface area (Å²) in [6.07, 6.45) is -0.231. The second-order valence-electron chi connectivity index (χ2n) is 7.06. The second-order valence-corrected chi connectivity index (χ2v) is 7.06. The molecule has 0 heterocycles. The quantitative estimate of drug-likeness (QED) is 0.368. The molecule has 0 saturated carbocycles. The largest absolute Gasteiger partial charge is 0.573 e. The third kappa shape index (κ3) is 4.95. The van der Waals surface area contributed by atoms with Gasteiger partial charge in [-0.3, -0.25) is 0 Å². The van der Waals surface area contributed by atoms with E-state index in [1.54, 1.807) is 0 Å². The van der Waals surface area contributed by atoms with Gasteiger partial charge in [0.05, 0.1) is 0 Å². The Balaban J connectivity index is 1.85. The molecule has 7 heteroatoms. The number of rotatable bonds is 6. The van der Waals surface area contributed by atoms with E-state index >= 15 is 0 Å². The zero-order chi connectivity index (χ0) is 21.2. The smallest absolute Gasteiger partial charge is 0.403 e. The van der Waals surface area contributed by atoms with Crippen LogP contribution in [0.2, 0.25) is 0 Å². The van der Waals surface area contributed by atoms with E-state index in [1.807, 2.05) is 6.92 Å². The standard InChI is InChI=1S/C22H20F6O/c1-2-3-4-5-13-10-17(23)20(18(24)11-13)15-6-8-16-14(12-15)7-9-19(21(16)25)29-22(26,27)28/h6-7,9-11H,2-5,8,12H2,1H3. The third-order valence-corrected chi connectivity index (χ3v) is 4.96. The number of fused-ring (bicyclic) bond motifs is 1. The monoisotopic (exact) mass is 414 g/mol. The average Bonchev–Trinajstić information content (AvgIpc) is 2.63. The fourth-order valence-corrected chi connectivity index (χ4v) is 3.58. The summed E-state index contributed by atoms with van der Waals surface area (Å²) in [5, 5.41) is 0. The van der Waals surface area contributed by atoms with Crippen molar-refractivity contribution in [2.75, 3.05) is 0 Å². The van der Waals surface area contributed by atoms with Gasteiger partial charge in [0, 0.05) is 5.56 Å². The Morgan fingerprint density at radius 2 is 1.69 bits per heavy atom. The van der Waals surface area contributed by atoms with Gasteiger partial charge in [-0.25, -0.2) is 13.2 Å². The maximum atomic E-state index is 14.6. The molecule has 0 saturated heterocycles. The molecular formula is C22H20F6O. The molecule has 3 rings (SSSR count). The molecule has 0 fully saturated rings. The van der Waals surface area contributed by atoms with Crippen molar-refractivity contribution in [3.05, 3.63) is 70.0 Å². The summed E-state index contributed by atoms with van der Waals surface area (Å²) < 4.78 is 84.4. The van der Waals surface area contributed by atoms with Gasteiger partial charge >= 0.3 is 6.36 Å². The molecule has 29 heavy (non-hydrogen) atoms. The minimum Gasteiger partial charge on any atom is -0.403 e. The molecule has 0 amide bonds. The third-order valence-electron chi connectivity index (χ3n) is 4.96. The van der Waals surface area contributed by atoms with Crippen molar-refractivity contribution in [1.82, 2.24) is 0 Å². The van der Waals surface area contributed by atoms with Crippen LogP contribution in [0.1, 0.15) is 48.4 Å². The predicted molar refractivity (Wildman–Crippen MR) is 98.1 cm³/mol. The number of hydrogen-bond donors (Lipinski definition) is 0. The van der Waals surface area contributed by atoms with Crippen molar-refractivity contribution in [3.8, 4) is 5.75 Å². The molecule has 0 N–H and O–H groups in total. The highest BCUT2D eigenvalue weighted by Crippen LogP contribution is 2.36. The first-order chi connectivity index (χ1) is 13.7. The Morgan fingerprint density at radius 3 is 2.31 bits per heavy atom. The van der Waals surface area contributed by atoms with Crippen molar-refractivity contribution < 1.29 is 31.1 Å². The van der Waals surface area contributed by atoms with Crippen LogP contribution >= 0.6 is 0 Å². The van der Waals surface area contributed by atoms with Gasteiger partial charge in [-0.2, -0.15) is 0 Å². The van der Waals surface area contributed by atoms with Crippen LogP contribution in [0.25, 0.3) is 5.57 Å². The van der Waals surface area contributed by atoms with E-state index in [4.69, 9.17) is 0 Å². The van der Waals surface area contributed by atoms with Gasteiger partial charge in [-0.15, -0.1) is 13.2 Å². The Hall–Kier alpha value is -2.44. The number of allylic oxidation sites excluding steroid dienone is 2. The lowest BCUT2D eigenvalue weighted by Crippen LogP contribution is -2.19. The van der Waals surface area contributed by atoms with E-state index in [-0.39, 0.29) is 24.0 Å². The average molecular weight is 414 g/mol. The number of alkyl halides is 3. The van der Waals surface area contributed by atoms with E-state index in [0.29, 0.717) is 23.1 Å². The summed E-state index contributed by atoms with van der Waals surface area (Å²) in [5.74, 6) is -3.41. The highest BCUT2D eigenvalue weighted by molar-refractivity contribution is 5.72. The second kappa shape index (κ2) is 8.51. The van der Waals surface area contributed by atoms with Crippen molar-refractivity contribution in [3.63, 3.8) is 0 Å². The van der Waals surface area contributed by atoms with Crippen LogP contribution in [0.3, 0.4) is 0 Å². The van der Waals surface area contributed by atoms with Crippen LogP contribution in [0.5, 0.6) is 5.75 Å². The predicted octanol–water partition coefficient (Wildman–Crippen LogP) is 6.92.